The van der Waals surface area contributed by atoms with Crippen LogP contribution < -0.4 is 5.32 Å². The van der Waals surface area contributed by atoms with Gasteiger partial charge in [0.2, 0.25) is 5.79 Å². The second-order valence-corrected chi connectivity index (χ2v) is 11.2. The van der Waals surface area contributed by atoms with Crippen LogP contribution in [0.5, 0.6) is 0 Å². The highest BCUT2D eigenvalue weighted by atomic mass is 16.7. The van der Waals surface area contributed by atoms with E-state index in [9.17, 15) is 15.0 Å². The normalized spacial score (nSPS) is 34.7. The number of aliphatic hydroxyl groups is 2. The highest BCUT2D eigenvalue weighted by Crippen LogP contribution is 2.41. The van der Waals surface area contributed by atoms with Gasteiger partial charge in [0.1, 0.15) is 6.10 Å². The predicted molar refractivity (Wildman–Crippen MR) is 138 cm³/mol. The fraction of sp³-hybridized carbons (Fsp3) is 0.889. The molecule has 0 aromatic carbocycles. The quantitative estimate of drug-likeness (QED) is 0.257. The first-order chi connectivity index (χ1) is 17.2. The largest absolute Gasteiger partial charge is 0.392 e. The Morgan fingerprint density at radius 3 is 2.38 bits per heavy atom. The maximum absolute atomic E-state index is 13.2. The number of nitrogens with one attached hydrogen (secondary N) is 1. The summed E-state index contributed by atoms with van der Waals surface area (Å²) in [4.78, 5) is 13.2. The van der Waals surface area contributed by atoms with E-state index in [2.05, 4.69) is 11.9 Å². The van der Waals surface area contributed by atoms with Crippen molar-refractivity contribution in [1.29, 1.82) is 0 Å². The van der Waals surface area contributed by atoms with E-state index in [0.29, 0.717) is 13.0 Å². The number of amides is 1. The molecule has 2 heterocycles. The van der Waals surface area contributed by atoms with E-state index < -0.39 is 47.8 Å². The van der Waals surface area contributed by atoms with E-state index in [1.54, 1.807) is 7.11 Å². The van der Waals surface area contributed by atoms with Crippen LogP contribution in [0.1, 0.15) is 60.8 Å². The van der Waals surface area contributed by atoms with Crippen molar-refractivity contribution in [1.82, 2.24) is 5.32 Å². The Bertz CT molecular complexity index is 760. The van der Waals surface area contributed by atoms with Crippen molar-refractivity contribution in [2.75, 3.05) is 27.9 Å². The van der Waals surface area contributed by atoms with E-state index in [4.69, 9.17) is 28.4 Å². The van der Waals surface area contributed by atoms with Gasteiger partial charge in [-0.25, -0.2) is 0 Å². The minimum Gasteiger partial charge on any atom is -0.392 e. The number of hydrogen-bond acceptors (Lipinski definition) is 9. The molecule has 0 aliphatic carbocycles. The molecule has 1 amide bonds. The molecule has 0 radical (unpaired) electrons. The van der Waals surface area contributed by atoms with Crippen LogP contribution in [0.15, 0.2) is 12.2 Å². The summed E-state index contributed by atoms with van der Waals surface area (Å²) in [6.45, 7) is 16.1. The second kappa shape index (κ2) is 13.3. The van der Waals surface area contributed by atoms with Crippen molar-refractivity contribution in [3.05, 3.63) is 12.2 Å². The Morgan fingerprint density at radius 2 is 1.86 bits per heavy atom. The molecule has 2 rings (SSSR count). The molecule has 216 valence electrons. The second-order valence-electron chi connectivity index (χ2n) is 11.2. The van der Waals surface area contributed by atoms with Crippen molar-refractivity contribution >= 4 is 5.91 Å². The SMILES string of the molecule is C=C1C[C@](OC)([C@H](O)C(=O)N[C@@H](OC)C2C[C@@H](O)C(C)(C)[C@@H](C[C@@H](COC(C)C)OC)O2)O[C@H](C)[C@@H]1C. The average Bonchev–Trinajstić information content (AvgIpc) is 2.84. The summed E-state index contributed by atoms with van der Waals surface area (Å²) < 4.78 is 34.8. The molecule has 0 aromatic heterocycles. The lowest BCUT2D eigenvalue weighted by Crippen LogP contribution is -2.62. The molecule has 1 unspecified atom stereocenters. The van der Waals surface area contributed by atoms with Crippen molar-refractivity contribution < 1.29 is 43.4 Å². The molecule has 2 saturated heterocycles. The fourth-order valence-electron chi connectivity index (χ4n) is 4.89. The maximum Gasteiger partial charge on any atom is 0.256 e. The lowest BCUT2D eigenvalue weighted by atomic mass is 9.74. The third kappa shape index (κ3) is 7.51. The Balaban J connectivity index is 2.15. The van der Waals surface area contributed by atoms with Crippen LogP contribution in [0.4, 0.5) is 0 Å². The molecule has 2 aliphatic heterocycles. The van der Waals surface area contributed by atoms with Crippen LogP contribution >= 0.6 is 0 Å². The molecule has 2 aliphatic rings. The molecule has 9 atom stereocenters. The third-order valence-corrected chi connectivity index (χ3v) is 8.00. The topological polar surface area (TPSA) is 125 Å². The van der Waals surface area contributed by atoms with E-state index in [1.165, 1.54) is 14.2 Å². The highest BCUT2D eigenvalue weighted by molar-refractivity contribution is 5.82. The summed E-state index contributed by atoms with van der Waals surface area (Å²) in [6, 6.07) is 0. The number of rotatable bonds is 12. The van der Waals surface area contributed by atoms with Gasteiger partial charge in [-0.3, -0.25) is 4.79 Å². The number of carbonyl (C=O) groups is 1. The number of carbonyl (C=O) groups excluding carboxylic acids is 1. The predicted octanol–water partition coefficient (Wildman–Crippen LogP) is 2.15. The van der Waals surface area contributed by atoms with E-state index in [-0.39, 0.29) is 37.1 Å². The zero-order valence-corrected chi connectivity index (χ0v) is 24.0. The van der Waals surface area contributed by atoms with Crippen molar-refractivity contribution in [2.45, 2.75) is 116 Å². The van der Waals surface area contributed by atoms with Crippen LogP contribution in [0.25, 0.3) is 0 Å². The van der Waals surface area contributed by atoms with Gasteiger partial charge in [0, 0.05) is 51.9 Å². The lowest BCUT2D eigenvalue weighted by molar-refractivity contribution is -0.298. The summed E-state index contributed by atoms with van der Waals surface area (Å²) in [7, 11) is 4.45. The first-order valence-corrected chi connectivity index (χ1v) is 13.1. The minimum atomic E-state index is -1.64. The van der Waals surface area contributed by atoms with E-state index in [1.807, 2.05) is 41.5 Å². The Labute approximate surface area is 222 Å². The maximum atomic E-state index is 13.2. The summed E-state index contributed by atoms with van der Waals surface area (Å²) in [5, 5.41) is 24.8. The monoisotopic (exact) mass is 531 g/mol. The summed E-state index contributed by atoms with van der Waals surface area (Å²) in [5.41, 5.74) is 0.254. The molecular formula is C27H49NO9. The van der Waals surface area contributed by atoms with Gasteiger partial charge in [0.05, 0.1) is 37.1 Å². The van der Waals surface area contributed by atoms with Gasteiger partial charge in [-0.2, -0.15) is 0 Å². The van der Waals surface area contributed by atoms with Gasteiger partial charge in [-0.05, 0) is 20.8 Å². The number of hydrogen-bond donors (Lipinski definition) is 3. The van der Waals surface area contributed by atoms with Crippen LogP contribution in [0.2, 0.25) is 0 Å². The Kier molecular flexibility index (Phi) is 11.5. The first-order valence-electron chi connectivity index (χ1n) is 13.1. The highest BCUT2D eigenvalue weighted by Gasteiger charge is 2.51. The van der Waals surface area contributed by atoms with Gasteiger partial charge >= 0.3 is 0 Å². The summed E-state index contributed by atoms with van der Waals surface area (Å²) in [6.07, 6.45) is -3.96. The summed E-state index contributed by atoms with van der Waals surface area (Å²) >= 11 is 0. The number of aliphatic hydroxyl groups excluding tert-OH is 2. The molecule has 3 N–H and O–H groups in total. The van der Waals surface area contributed by atoms with E-state index >= 15 is 0 Å². The van der Waals surface area contributed by atoms with Crippen LogP contribution in [0.3, 0.4) is 0 Å². The molecule has 0 saturated carbocycles. The van der Waals surface area contributed by atoms with Gasteiger partial charge in [-0.15, -0.1) is 0 Å². The molecule has 0 bridgehead atoms. The Hall–Kier alpha value is -1.11. The van der Waals surface area contributed by atoms with Gasteiger partial charge < -0.3 is 44.0 Å². The molecular weight excluding hydrogens is 482 g/mol. The van der Waals surface area contributed by atoms with E-state index in [0.717, 1.165) is 5.57 Å². The van der Waals surface area contributed by atoms with Crippen LogP contribution in [0, 0.1) is 11.3 Å². The summed E-state index contributed by atoms with van der Waals surface area (Å²) in [5.74, 6) is -2.24. The molecule has 10 nitrogen and oxygen atoms in total. The average molecular weight is 532 g/mol. The molecule has 0 aromatic rings. The van der Waals surface area contributed by atoms with Crippen LogP contribution in [-0.4, -0.2) is 98.8 Å². The first kappa shape index (κ1) is 32.1. The van der Waals surface area contributed by atoms with Gasteiger partial charge in [-0.1, -0.05) is 32.9 Å². The number of ether oxygens (including phenoxy) is 6. The fourth-order valence-corrected chi connectivity index (χ4v) is 4.89. The van der Waals surface area contributed by atoms with Gasteiger partial charge in [0.15, 0.2) is 12.3 Å². The Morgan fingerprint density at radius 1 is 1.22 bits per heavy atom. The standard InChI is InChI=1S/C27H49NO9/c1-15(2)35-14-19(32-8)11-22-26(6,7)21(29)12-20(36-22)25(33-9)28-24(31)23(30)27(34-10)13-16(3)17(4)18(5)37-27/h15,17-23,25,29-30H,3,11-14H2,1-2,4-10H3,(H,28,31)/t17-,18-,19+,20?,21-,22-,23-,25+,27-/m1/s1. The van der Waals surface area contributed by atoms with Crippen molar-refractivity contribution in [2.24, 2.45) is 11.3 Å². The molecule has 37 heavy (non-hydrogen) atoms. The minimum absolute atomic E-state index is 0.0580. The number of methoxy groups -OCH3 is 3. The zero-order valence-electron chi connectivity index (χ0n) is 24.0. The van der Waals surface area contributed by atoms with Crippen LogP contribution in [-0.2, 0) is 33.2 Å². The van der Waals surface area contributed by atoms with Crippen molar-refractivity contribution in [3.63, 3.8) is 0 Å². The van der Waals surface area contributed by atoms with Crippen molar-refractivity contribution in [3.8, 4) is 0 Å². The lowest BCUT2D eigenvalue weighted by Gasteiger charge is -2.48. The molecule has 2 fully saturated rings. The zero-order chi connectivity index (χ0) is 28.1. The van der Waals surface area contributed by atoms with Gasteiger partial charge in [0.25, 0.3) is 5.91 Å². The molecule has 10 heteroatoms. The third-order valence-electron chi connectivity index (χ3n) is 8.00. The molecule has 0 spiro atoms. The smallest absolute Gasteiger partial charge is 0.256 e.